The third-order valence-corrected chi connectivity index (χ3v) is 8.18. The number of hydrogen-bond donors (Lipinski definition) is 0. The average molecular weight is 444 g/mol. The van der Waals surface area contributed by atoms with E-state index in [0.29, 0.717) is 0 Å². The van der Waals surface area contributed by atoms with E-state index in [0.717, 1.165) is 24.3 Å². The van der Waals surface area contributed by atoms with E-state index in [9.17, 15) is 0 Å². The summed E-state index contributed by atoms with van der Waals surface area (Å²) in [6, 6.07) is 40.2. The molecule has 35 heavy (non-hydrogen) atoms. The molecule has 0 saturated heterocycles. The summed E-state index contributed by atoms with van der Waals surface area (Å²) in [6.07, 6.45) is 1.96. The van der Waals surface area contributed by atoms with Crippen molar-refractivity contribution in [1.82, 2.24) is 0 Å². The van der Waals surface area contributed by atoms with Crippen LogP contribution < -0.4 is 37.5 Å². The maximum atomic E-state index is 6.39. The van der Waals surface area contributed by atoms with E-state index in [4.69, 9.17) is 4.74 Å². The maximum Gasteiger partial charge on any atom is 0.251 e. The van der Waals surface area contributed by atoms with Gasteiger partial charge in [0.2, 0.25) is 6.71 Å². The Morgan fingerprint density at radius 1 is 0.457 bits per heavy atom. The largest absolute Gasteiger partial charge is 0.458 e. The molecular formula is C32H22B2O. The normalized spacial score (nSPS) is 14.2. The third-order valence-electron chi connectivity index (χ3n) is 8.18. The summed E-state index contributed by atoms with van der Waals surface area (Å²) in [4.78, 5) is 0. The van der Waals surface area contributed by atoms with Crippen molar-refractivity contribution in [3.63, 3.8) is 0 Å². The van der Waals surface area contributed by atoms with Gasteiger partial charge in [-0.3, -0.25) is 0 Å². The summed E-state index contributed by atoms with van der Waals surface area (Å²) in [5, 5.41) is 0. The maximum absolute atomic E-state index is 6.39. The molecule has 1 nitrogen and oxygen atoms in total. The second-order valence-electron chi connectivity index (χ2n) is 10.0. The molecule has 0 unspecified atom stereocenters. The molecule has 0 spiro atoms. The smallest absolute Gasteiger partial charge is 0.251 e. The van der Waals surface area contributed by atoms with Gasteiger partial charge in [0.1, 0.15) is 11.5 Å². The van der Waals surface area contributed by atoms with Crippen LogP contribution in [0, 0.1) is 0 Å². The summed E-state index contributed by atoms with van der Waals surface area (Å²) in [6.45, 7) is 0.474. The standard InChI is InChI=1S/C32H22B2O/c1-2-11-25(12-3-1)33-26-13-5-4-9-21(26)17-23-19-24-18-22-10-8-16-31-32(22)34(29(24)20-28(23)33)27-14-6-7-15-30(27)35-31/h1-16,19-20H,17-18H2. The van der Waals surface area contributed by atoms with Gasteiger partial charge in [-0.15, -0.1) is 0 Å². The monoisotopic (exact) mass is 444 g/mol. The van der Waals surface area contributed by atoms with Crippen molar-refractivity contribution in [3.8, 4) is 11.5 Å². The van der Waals surface area contributed by atoms with Crippen LogP contribution in [-0.4, -0.2) is 13.4 Å². The first-order chi connectivity index (χ1) is 17.3. The Labute approximate surface area is 206 Å². The molecule has 3 aliphatic heterocycles. The Bertz CT molecular complexity index is 1640. The van der Waals surface area contributed by atoms with Gasteiger partial charge in [0.15, 0.2) is 0 Å². The van der Waals surface area contributed by atoms with Gasteiger partial charge in [0, 0.05) is 0 Å². The fourth-order valence-corrected chi connectivity index (χ4v) is 6.70. The first-order valence-electron chi connectivity index (χ1n) is 12.5. The Morgan fingerprint density at radius 2 is 1.11 bits per heavy atom. The minimum atomic E-state index is 0.216. The van der Waals surface area contributed by atoms with Crippen LogP contribution in [0.5, 0.6) is 11.5 Å². The highest BCUT2D eigenvalue weighted by Gasteiger charge is 2.40. The zero-order valence-electron chi connectivity index (χ0n) is 19.4. The molecule has 162 valence electrons. The molecule has 0 bridgehead atoms. The van der Waals surface area contributed by atoms with Gasteiger partial charge in [0.05, 0.1) is 0 Å². The summed E-state index contributed by atoms with van der Waals surface area (Å²) >= 11 is 0. The van der Waals surface area contributed by atoms with Crippen molar-refractivity contribution in [3.05, 3.63) is 131 Å². The van der Waals surface area contributed by atoms with Crippen molar-refractivity contribution in [1.29, 1.82) is 0 Å². The lowest BCUT2D eigenvalue weighted by atomic mass is 9.29. The number of para-hydroxylation sites is 1. The lowest BCUT2D eigenvalue weighted by molar-refractivity contribution is 0.487. The molecule has 0 radical (unpaired) electrons. The SMILES string of the molecule is c1ccc(B2c3ccccc3Cc3cc4c(cc32)B2c3ccccc3Oc3cccc(c32)C4)cc1. The molecular weight excluding hydrogens is 422 g/mol. The molecule has 3 aliphatic rings. The van der Waals surface area contributed by atoms with Gasteiger partial charge in [-0.05, 0) is 58.2 Å². The quantitative estimate of drug-likeness (QED) is 0.354. The van der Waals surface area contributed by atoms with Crippen LogP contribution >= 0.6 is 0 Å². The number of ether oxygens (including phenoxy) is 1. The average Bonchev–Trinajstić information content (AvgIpc) is 2.91. The third kappa shape index (κ3) is 2.79. The van der Waals surface area contributed by atoms with Crippen molar-refractivity contribution in [2.75, 3.05) is 0 Å². The summed E-state index contributed by atoms with van der Waals surface area (Å²) in [5.74, 6) is 2.00. The van der Waals surface area contributed by atoms with Gasteiger partial charge >= 0.3 is 0 Å². The fourth-order valence-electron chi connectivity index (χ4n) is 6.70. The highest BCUT2D eigenvalue weighted by molar-refractivity contribution is 6.99. The summed E-state index contributed by atoms with van der Waals surface area (Å²) < 4.78 is 6.39. The van der Waals surface area contributed by atoms with Gasteiger partial charge in [-0.25, -0.2) is 0 Å². The Kier molecular flexibility index (Phi) is 4.01. The topological polar surface area (TPSA) is 9.23 Å². The highest BCUT2D eigenvalue weighted by Crippen LogP contribution is 2.29. The van der Waals surface area contributed by atoms with Gasteiger partial charge in [-0.1, -0.05) is 119 Å². The first kappa shape index (κ1) is 19.3. The molecule has 5 aromatic carbocycles. The Morgan fingerprint density at radius 3 is 2.00 bits per heavy atom. The molecule has 0 saturated carbocycles. The van der Waals surface area contributed by atoms with E-state index >= 15 is 0 Å². The van der Waals surface area contributed by atoms with Crippen LogP contribution in [0.4, 0.5) is 0 Å². The molecule has 0 aliphatic carbocycles. The molecule has 8 rings (SSSR count). The molecule has 3 heteroatoms. The van der Waals surface area contributed by atoms with Crippen LogP contribution in [0.3, 0.4) is 0 Å². The molecule has 3 heterocycles. The van der Waals surface area contributed by atoms with Crippen molar-refractivity contribution in [2.45, 2.75) is 12.8 Å². The van der Waals surface area contributed by atoms with Gasteiger partial charge < -0.3 is 4.74 Å². The molecule has 0 N–H and O–H groups in total. The van der Waals surface area contributed by atoms with E-state index in [1.54, 1.807) is 0 Å². The minimum absolute atomic E-state index is 0.216. The Balaban J connectivity index is 1.40. The predicted molar refractivity (Wildman–Crippen MR) is 147 cm³/mol. The zero-order valence-corrected chi connectivity index (χ0v) is 19.4. The van der Waals surface area contributed by atoms with E-state index in [-0.39, 0.29) is 13.4 Å². The van der Waals surface area contributed by atoms with Crippen LogP contribution in [-0.2, 0) is 12.8 Å². The minimum Gasteiger partial charge on any atom is -0.458 e. The van der Waals surface area contributed by atoms with Crippen molar-refractivity contribution < 1.29 is 4.74 Å². The summed E-state index contributed by atoms with van der Waals surface area (Å²) in [5.41, 5.74) is 14.1. The van der Waals surface area contributed by atoms with Crippen molar-refractivity contribution in [2.24, 2.45) is 0 Å². The van der Waals surface area contributed by atoms with E-state index in [2.05, 4.69) is 109 Å². The summed E-state index contributed by atoms with van der Waals surface area (Å²) in [7, 11) is 0. The molecule has 0 fully saturated rings. The lowest BCUT2D eigenvalue weighted by Gasteiger charge is -2.35. The van der Waals surface area contributed by atoms with Gasteiger partial charge in [-0.2, -0.15) is 0 Å². The van der Waals surface area contributed by atoms with Crippen LogP contribution in [0.1, 0.15) is 22.3 Å². The second kappa shape index (κ2) is 7.26. The predicted octanol–water partition coefficient (Wildman–Crippen LogP) is 2.63. The number of hydrogen-bond acceptors (Lipinski definition) is 1. The van der Waals surface area contributed by atoms with E-state index in [1.807, 2.05) is 0 Å². The first-order valence-corrected chi connectivity index (χ1v) is 12.5. The second-order valence-corrected chi connectivity index (χ2v) is 10.0. The molecule has 0 aromatic heterocycles. The number of rotatable bonds is 1. The number of fused-ring (bicyclic) bond motifs is 6. The lowest BCUT2D eigenvalue weighted by Crippen LogP contribution is -2.62. The van der Waals surface area contributed by atoms with Crippen LogP contribution in [0.2, 0.25) is 0 Å². The van der Waals surface area contributed by atoms with Crippen LogP contribution in [0.15, 0.2) is 109 Å². The molecule has 5 aromatic rings. The van der Waals surface area contributed by atoms with Gasteiger partial charge in [0.25, 0.3) is 6.71 Å². The van der Waals surface area contributed by atoms with Crippen molar-refractivity contribution >= 4 is 46.2 Å². The zero-order chi connectivity index (χ0) is 22.9. The van der Waals surface area contributed by atoms with Crippen LogP contribution in [0.25, 0.3) is 0 Å². The molecule has 0 atom stereocenters. The molecule has 0 amide bonds. The Hall–Kier alpha value is -3.97. The van der Waals surface area contributed by atoms with E-state index < -0.39 is 0 Å². The van der Waals surface area contributed by atoms with E-state index in [1.165, 1.54) is 55.0 Å². The number of benzene rings is 5. The fraction of sp³-hybridized carbons (Fsp3) is 0.0625. The highest BCUT2D eigenvalue weighted by atomic mass is 16.5.